The van der Waals surface area contributed by atoms with Crippen LogP contribution in [0.1, 0.15) is 37.8 Å². The van der Waals surface area contributed by atoms with Gasteiger partial charge in [-0.3, -0.25) is 4.79 Å². The highest BCUT2D eigenvalue weighted by molar-refractivity contribution is 6.31. The summed E-state index contributed by atoms with van der Waals surface area (Å²) in [5.41, 5.74) is 1.35. The Labute approximate surface area is 167 Å². The predicted molar refractivity (Wildman–Crippen MR) is 104 cm³/mol. The van der Waals surface area contributed by atoms with E-state index in [1.165, 1.54) is 12.1 Å². The van der Waals surface area contributed by atoms with Crippen molar-refractivity contribution in [2.24, 2.45) is 0 Å². The number of hydrogen-bond donors (Lipinski definition) is 2. The molecule has 0 aromatic heterocycles. The van der Waals surface area contributed by atoms with Crippen molar-refractivity contribution in [3.63, 3.8) is 0 Å². The van der Waals surface area contributed by atoms with Gasteiger partial charge < -0.3 is 15.2 Å². The Balaban J connectivity index is 1.83. The first-order valence-corrected chi connectivity index (χ1v) is 9.46. The van der Waals surface area contributed by atoms with Gasteiger partial charge >= 0.3 is 5.97 Å². The largest absolute Gasteiger partial charge is 0.487 e. The standard InChI is InChI=1S/C21H22ClF2NO3/c1-21(2)10-13-6-14(22)9-15(20(13)28-21)12-7-17(23)16(18(24)8-12)11-25-5-3-4-19(26)27/h6-9,25H,3-5,10-11H2,1-2H3,(H,26,27). The van der Waals surface area contributed by atoms with E-state index in [1.807, 2.05) is 19.9 Å². The van der Waals surface area contributed by atoms with Crippen LogP contribution in [0.3, 0.4) is 0 Å². The molecule has 0 unspecified atom stereocenters. The van der Waals surface area contributed by atoms with Crippen LogP contribution in [0.5, 0.6) is 5.75 Å². The van der Waals surface area contributed by atoms with E-state index in [4.69, 9.17) is 21.4 Å². The van der Waals surface area contributed by atoms with Gasteiger partial charge in [0.25, 0.3) is 0 Å². The number of hydrogen-bond acceptors (Lipinski definition) is 3. The lowest BCUT2D eigenvalue weighted by Crippen LogP contribution is -2.24. The minimum absolute atomic E-state index is 0.00707. The number of rotatable bonds is 7. The van der Waals surface area contributed by atoms with Crippen molar-refractivity contribution in [2.45, 2.75) is 45.3 Å². The van der Waals surface area contributed by atoms with Crippen LogP contribution in [-0.2, 0) is 17.8 Å². The van der Waals surface area contributed by atoms with Gasteiger partial charge in [0.15, 0.2) is 0 Å². The van der Waals surface area contributed by atoms with Crippen LogP contribution < -0.4 is 10.1 Å². The number of carbonyl (C=O) groups is 1. The van der Waals surface area contributed by atoms with E-state index < -0.39 is 23.2 Å². The van der Waals surface area contributed by atoms with Gasteiger partial charge in [0.1, 0.15) is 23.0 Å². The van der Waals surface area contributed by atoms with Crippen molar-refractivity contribution in [3.8, 4) is 16.9 Å². The van der Waals surface area contributed by atoms with Crippen molar-refractivity contribution in [1.82, 2.24) is 5.32 Å². The number of fused-ring (bicyclic) bond motifs is 1. The van der Waals surface area contributed by atoms with Crippen LogP contribution in [0.25, 0.3) is 11.1 Å². The van der Waals surface area contributed by atoms with E-state index in [0.29, 0.717) is 41.3 Å². The molecule has 0 spiro atoms. The molecule has 2 N–H and O–H groups in total. The smallest absolute Gasteiger partial charge is 0.303 e. The summed E-state index contributed by atoms with van der Waals surface area (Å²) in [4.78, 5) is 10.5. The summed E-state index contributed by atoms with van der Waals surface area (Å²) in [6.07, 6.45) is 1.06. The summed E-state index contributed by atoms with van der Waals surface area (Å²) < 4.78 is 35.2. The van der Waals surface area contributed by atoms with Crippen molar-refractivity contribution in [1.29, 1.82) is 0 Å². The summed E-state index contributed by atoms with van der Waals surface area (Å²) in [6.45, 7) is 4.24. The summed E-state index contributed by atoms with van der Waals surface area (Å²) in [5.74, 6) is -1.64. The van der Waals surface area contributed by atoms with E-state index >= 15 is 0 Å². The zero-order valence-electron chi connectivity index (χ0n) is 15.7. The number of nitrogens with one attached hydrogen (secondary N) is 1. The first-order valence-electron chi connectivity index (χ1n) is 9.08. The maximum Gasteiger partial charge on any atom is 0.303 e. The number of carboxylic acids is 1. The van der Waals surface area contributed by atoms with Crippen molar-refractivity contribution >= 4 is 17.6 Å². The Bertz CT molecular complexity index is 892. The molecule has 0 bridgehead atoms. The Morgan fingerprint density at radius 1 is 1.25 bits per heavy atom. The molecule has 1 aliphatic rings. The maximum atomic E-state index is 14.6. The lowest BCUT2D eigenvalue weighted by molar-refractivity contribution is -0.137. The highest BCUT2D eigenvalue weighted by atomic mass is 35.5. The second kappa shape index (κ2) is 8.05. The number of ether oxygens (including phenoxy) is 1. The van der Waals surface area contributed by atoms with E-state index in [-0.39, 0.29) is 18.5 Å². The third kappa shape index (κ3) is 4.62. The van der Waals surface area contributed by atoms with E-state index in [1.54, 1.807) is 6.07 Å². The molecule has 1 heterocycles. The van der Waals surface area contributed by atoms with E-state index in [0.717, 1.165) is 5.56 Å². The molecule has 3 rings (SSSR count). The molecule has 0 saturated heterocycles. The zero-order valence-corrected chi connectivity index (χ0v) is 16.5. The monoisotopic (exact) mass is 409 g/mol. The van der Waals surface area contributed by atoms with Gasteiger partial charge in [-0.2, -0.15) is 0 Å². The van der Waals surface area contributed by atoms with Gasteiger partial charge in [0.05, 0.1) is 0 Å². The fourth-order valence-electron chi connectivity index (χ4n) is 3.39. The molecule has 0 aliphatic carbocycles. The topological polar surface area (TPSA) is 58.6 Å². The number of halogens is 3. The van der Waals surface area contributed by atoms with Gasteiger partial charge in [-0.05, 0) is 56.6 Å². The minimum atomic E-state index is -0.900. The lowest BCUT2D eigenvalue weighted by atomic mass is 9.97. The van der Waals surface area contributed by atoms with Crippen molar-refractivity contribution < 1.29 is 23.4 Å². The predicted octanol–water partition coefficient (Wildman–Crippen LogP) is 4.95. The van der Waals surface area contributed by atoms with Crippen LogP contribution in [0, 0.1) is 11.6 Å². The molecule has 0 saturated carbocycles. The molecule has 0 atom stereocenters. The first-order chi connectivity index (χ1) is 13.2. The quantitative estimate of drug-likeness (QED) is 0.635. The summed E-state index contributed by atoms with van der Waals surface area (Å²) in [5, 5.41) is 12.0. The van der Waals surface area contributed by atoms with Crippen molar-refractivity contribution in [3.05, 3.63) is 52.0 Å². The normalized spacial score (nSPS) is 14.6. The molecule has 2 aromatic carbocycles. The molecule has 150 valence electrons. The lowest BCUT2D eigenvalue weighted by Gasteiger charge is -2.18. The number of carboxylic acid groups (broad SMARTS) is 1. The van der Waals surface area contributed by atoms with Crippen LogP contribution >= 0.6 is 11.6 Å². The third-order valence-electron chi connectivity index (χ3n) is 4.62. The molecule has 7 heteroatoms. The van der Waals surface area contributed by atoms with Gasteiger partial charge in [0, 0.05) is 41.1 Å². The molecular formula is C21H22ClF2NO3. The van der Waals surface area contributed by atoms with E-state index in [9.17, 15) is 13.6 Å². The van der Waals surface area contributed by atoms with Crippen LogP contribution in [0.2, 0.25) is 5.02 Å². The molecule has 28 heavy (non-hydrogen) atoms. The first kappa shape index (κ1) is 20.6. The third-order valence-corrected chi connectivity index (χ3v) is 4.84. The maximum absolute atomic E-state index is 14.6. The van der Waals surface area contributed by atoms with Gasteiger partial charge in [-0.1, -0.05) is 11.6 Å². The Hall–Kier alpha value is -2.18. The average molecular weight is 410 g/mol. The van der Waals surface area contributed by atoms with Crippen LogP contribution in [-0.4, -0.2) is 23.2 Å². The van der Waals surface area contributed by atoms with Crippen LogP contribution in [0.15, 0.2) is 24.3 Å². The van der Waals surface area contributed by atoms with Gasteiger partial charge in [0.2, 0.25) is 0 Å². The molecular weight excluding hydrogens is 388 g/mol. The average Bonchev–Trinajstić information content (AvgIpc) is 2.89. The number of benzene rings is 2. The fraction of sp³-hybridized carbons (Fsp3) is 0.381. The Morgan fingerprint density at radius 3 is 2.57 bits per heavy atom. The molecule has 1 aliphatic heterocycles. The fourth-order valence-corrected chi connectivity index (χ4v) is 3.63. The second-order valence-corrected chi connectivity index (χ2v) is 8.01. The Morgan fingerprint density at radius 2 is 1.93 bits per heavy atom. The second-order valence-electron chi connectivity index (χ2n) is 7.57. The molecule has 0 fully saturated rings. The summed E-state index contributed by atoms with van der Waals surface area (Å²) in [6, 6.07) is 6.02. The Kier molecular flexibility index (Phi) is 5.91. The van der Waals surface area contributed by atoms with Gasteiger partial charge in [-0.25, -0.2) is 8.78 Å². The van der Waals surface area contributed by atoms with Crippen LogP contribution in [0.4, 0.5) is 8.78 Å². The number of aliphatic carboxylic acids is 1. The zero-order chi connectivity index (χ0) is 20.5. The van der Waals surface area contributed by atoms with E-state index in [2.05, 4.69) is 5.32 Å². The SMILES string of the molecule is CC1(C)Cc2cc(Cl)cc(-c3cc(F)c(CNCCCC(=O)O)c(F)c3)c2O1. The molecule has 0 amide bonds. The highest BCUT2D eigenvalue weighted by Gasteiger charge is 2.32. The molecule has 2 aromatic rings. The highest BCUT2D eigenvalue weighted by Crippen LogP contribution is 2.44. The summed E-state index contributed by atoms with van der Waals surface area (Å²) >= 11 is 6.21. The van der Waals surface area contributed by atoms with Gasteiger partial charge in [-0.15, -0.1) is 0 Å². The molecule has 4 nitrogen and oxygen atoms in total. The minimum Gasteiger partial charge on any atom is -0.487 e. The van der Waals surface area contributed by atoms with Crippen molar-refractivity contribution in [2.75, 3.05) is 6.54 Å². The summed E-state index contributed by atoms with van der Waals surface area (Å²) in [7, 11) is 0. The molecule has 0 radical (unpaired) electrons.